The maximum atomic E-state index is 12.9. The van der Waals surface area contributed by atoms with Crippen LogP contribution in [0.1, 0.15) is 12.6 Å². The summed E-state index contributed by atoms with van der Waals surface area (Å²) in [7, 11) is 2.68. The molecule has 1 aromatic rings. The molecule has 16 heteroatoms. The Balaban J connectivity index is 1.75. The van der Waals surface area contributed by atoms with Crippen molar-refractivity contribution in [3.05, 3.63) is 22.3 Å². The number of thioether (sulfide) groups is 1. The number of hydrogen-bond donors (Lipinski definition) is 2. The van der Waals surface area contributed by atoms with Crippen molar-refractivity contribution in [1.29, 1.82) is 0 Å². The Labute approximate surface area is 201 Å². The van der Waals surface area contributed by atoms with Gasteiger partial charge in [0.1, 0.15) is 29.9 Å². The molecule has 1 unspecified atom stereocenters. The molecule has 184 valence electrons. The Morgan fingerprint density at radius 3 is 2.71 bits per heavy atom. The molecule has 0 aliphatic carbocycles. The number of fused-ring (bicyclic) bond motifs is 1. The lowest BCUT2D eigenvalue weighted by atomic mass is 10.0. The fraction of sp³-hybridized carbons (Fsp3) is 0.444. The van der Waals surface area contributed by atoms with Gasteiger partial charge in [-0.25, -0.2) is 19.6 Å². The highest BCUT2D eigenvalue weighted by Gasteiger charge is 2.55. The van der Waals surface area contributed by atoms with E-state index in [1.165, 1.54) is 31.4 Å². The molecule has 0 saturated carbocycles. The predicted molar refractivity (Wildman–Crippen MR) is 118 cm³/mol. The minimum absolute atomic E-state index is 0.0144. The largest absolute Gasteiger partial charge is 0.549 e. The number of rotatable bonds is 8. The van der Waals surface area contributed by atoms with Crippen LogP contribution in [0, 0.1) is 0 Å². The summed E-state index contributed by atoms with van der Waals surface area (Å²) in [5.41, 5.74) is 5.95. The van der Waals surface area contributed by atoms with Crippen molar-refractivity contribution in [2.24, 2.45) is 5.16 Å². The highest BCUT2D eigenvalue weighted by atomic mass is 32.2. The summed E-state index contributed by atoms with van der Waals surface area (Å²) in [5.74, 6) is -2.09. The highest BCUT2D eigenvalue weighted by molar-refractivity contribution is 8.00. The summed E-state index contributed by atoms with van der Waals surface area (Å²) in [5, 5.41) is 7.38. The molecule has 0 bridgehead atoms. The molecule has 3 heterocycles. The van der Waals surface area contributed by atoms with E-state index in [2.05, 4.69) is 30.0 Å². The van der Waals surface area contributed by atoms with Crippen molar-refractivity contribution in [3.63, 3.8) is 0 Å². The number of nitrogen functional groups attached to an aromatic ring is 1. The maximum absolute atomic E-state index is 12.9. The van der Waals surface area contributed by atoms with Crippen LogP contribution in [-0.2, 0) is 38.5 Å². The van der Waals surface area contributed by atoms with E-state index in [9.17, 15) is 19.2 Å². The van der Waals surface area contributed by atoms with Gasteiger partial charge in [0.15, 0.2) is 10.8 Å². The topological polar surface area (TPSA) is 181 Å². The van der Waals surface area contributed by atoms with Gasteiger partial charge in [-0.2, -0.15) is 4.79 Å². The van der Waals surface area contributed by atoms with Crippen molar-refractivity contribution >= 4 is 57.9 Å². The Kier molecular flexibility index (Phi) is 8.30. The van der Waals surface area contributed by atoms with Crippen molar-refractivity contribution in [1.82, 2.24) is 15.2 Å². The third kappa shape index (κ3) is 5.23. The quantitative estimate of drug-likeness (QED) is 0.156. The highest BCUT2D eigenvalue weighted by Crippen LogP contribution is 2.40. The second kappa shape index (κ2) is 11.2. The van der Waals surface area contributed by atoms with Gasteiger partial charge in [0, 0.05) is 18.2 Å². The van der Waals surface area contributed by atoms with Gasteiger partial charge in [-0.05, 0) is 12.5 Å². The number of carbonyl (C=O) groups is 4. The van der Waals surface area contributed by atoms with E-state index >= 15 is 0 Å². The van der Waals surface area contributed by atoms with Crippen molar-refractivity contribution in [3.8, 4) is 0 Å². The SMILES string of the molecule is CCOC(=O)OOC(=O)C1=C(COC)CS[C@H]2C(NC(=O)C(=NOC)c3csc(N)n3)C(=O)N12. The molecular weight excluding hydrogens is 494 g/mol. The van der Waals surface area contributed by atoms with Crippen LogP contribution in [0.25, 0.3) is 0 Å². The van der Waals surface area contributed by atoms with Crippen molar-refractivity contribution < 1.29 is 43.3 Å². The van der Waals surface area contributed by atoms with Gasteiger partial charge in [0.25, 0.3) is 11.8 Å². The number of nitrogens with one attached hydrogen (secondary N) is 1. The molecule has 3 N–H and O–H groups in total. The molecule has 1 saturated heterocycles. The van der Waals surface area contributed by atoms with Crippen LogP contribution in [0.5, 0.6) is 0 Å². The number of ether oxygens (including phenoxy) is 2. The Bertz CT molecular complexity index is 1040. The molecule has 34 heavy (non-hydrogen) atoms. The molecule has 2 atom stereocenters. The molecular formula is C18H21N5O9S2. The van der Waals surface area contributed by atoms with E-state index in [1.807, 2.05) is 0 Å². The van der Waals surface area contributed by atoms with Gasteiger partial charge in [-0.3, -0.25) is 14.5 Å². The normalized spacial score (nSPS) is 19.7. The van der Waals surface area contributed by atoms with Crippen LogP contribution in [0.15, 0.2) is 21.8 Å². The number of nitrogens with zero attached hydrogens (tertiary/aromatic N) is 3. The number of nitrogens with two attached hydrogens (primary N) is 1. The summed E-state index contributed by atoms with van der Waals surface area (Å²) in [6.07, 6.45) is -1.21. The lowest BCUT2D eigenvalue weighted by Crippen LogP contribution is -2.71. The lowest BCUT2D eigenvalue weighted by Gasteiger charge is -2.49. The first-order valence-corrected chi connectivity index (χ1v) is 11.6. The zero-order valence-corrected chi connectivity index (χ0v) is 19.9. The number of carbonyl (C=O) groups excluding carboxylic acids is 4. The van der Waals surface area contributed by atoms with E-state index in [0.717, 1.165) is 16.2 Å². The van der Waals surface area contributed by atoms with Gasteiger partial charge in [0.05, 0.1) is 13.2 Å². The maximum Gasteiger partial charge on any atom is 0.549 e. The molecule has 14 nitrogen and oxygen atoms in total. The molecule has 0 aromatic carbocycles. The summed E-state index contributed by atoms with van der Waals surface area (Å²) >= 11 is 2.41. The molecule has 0 radical (unpaired) electrons. The Morgan fingerprint density at radius 1 is 1.32 bits per heavy atom. The van der Waals surface area contributed by atoms with Crippen molar-refractivity contribution in [2.45, 2.75) is 18.3 Å². The first kappa shape index (κ1) is 25.3. The van der Waals surface area contributed by atoms with Crippen LogP contribution >= 0.6 is 23.1 Å². The second-order valence-electron chi connectivity index (χ2n) is 6.58. The molecule has 1 aromatic heterocycles. The van der Waals surface area contributed by atoms with Gasteiger partial charge < -0.3 is 25.4 Å². The van der Waals surface area contributed by atoms with E-state index in [0.29, 0.717) is 11.3 Å². The van der Waals surface area contributed by atoms with Gasteiger partial charge in [-0.1, -0.05) is 5.16 Å². The summed E-state index contributed by atoms with van der Waals surface area (Å²) in [6.45, 7) is 1.59. The van der Waals surface area contributed by atoms with Gasteiger partial charge >= 0.3 is 12.1 Å². The van der Waals surface area contributed by atoms with Gasteiger partial charge in [-0.15, -0.1) is 23.1 Å². The third-order valence-electron chi connectivity index (χ3n) is 4.46. The Morgan fingerprint density at radius 2 is 2.09 bits per heavy atom. The summed E-state index contributed by atoms with van der Waals surface area (Å²) in [6, 6.07) is -0.978. The number of amides is 2. The number of β-lactam (4-membered cyclic amide) rings is 1. The molecule has 2 amide bonds. The summed E-state index contributed by atoms with van der Waals surface area (Å²) < 4.78 is 9.64. The number of anilines is 1. The molecule has 0 spiro atoms. The minimum Gasteiger partial charge on any atom is -0.432 e. The predicted octanol–water partition coefficient (Wildman–Crippen LogP) is 0.00750. The van der Waals surface area contributed by atoms with E-state index in [4.69, 9.17) is 15.3 Å². The Hall–Kier alpha value is -3.37. The molecule has 2 aliphatic heterocycles. The lowest BCUT2D eigenvalue weighted by molar-refractivity contribution is -0.241. The smallest absolute Gasteiger partial charge is 0.432 e. The average Bonchev–Trinajstić information content (AvgIpc) is 3.25. The van der Waals surface area contributed by atoms with Crippen LogP contribution in [-0.4, -0.2) is 84.1 Å². The number of aromatic nitrogens is 1. The number of hydrogen-bond acceptors (Lipinski definition) is 14. The zero-order chi connectivity index (χ0) is 24.8. The first-order chi connectivity index (χ1) is 16.3. The van der Waals surface area contributed by atoms with E-state index in [-0.39, 0.29) is 35.4 Å². The van der Waals surface area contributed by atoms with Gasteiger partial charge in [0.2, 0.25) is 0 Å². The fourth-order valence-electron chi connectivity index (χ4n) is 3.11. The van der Waals surface area contributed by atoms with Crippen molar-refractivity contribution in [2.75, 3.05) is 38.9 Å². The van der Waals surface area contributed by atoms with Crippen LogP contribution in [0.2, 0.25) is 0 Å². The standard InChI is InChI=1S/C18H21N5O9S2/c1-4-30-18(27)32-31-16(26)12-8(5-28-2)6-33-15-11(14(25)23(12)15)21-13(24)10(22-29-3)9-7-34-17(19)20-9/h7,11,15H,4-6H2,1-3H3,(H2,19,20)(H,21,24)/t11?,15-/m0/s1. The number of thiazole rings is 1. The van der Waals surface area contributed by atoms with Crippen LogP contribution in [0.4, 0.5) is 9.93 Å². The van der Waals surface area contributed by atoms with Crippen LogP contribution in [0.3, 0.4) is 0 Å². The molecule has 2 aliphatic rings. The van der Waals surface area contributed by atoms with Crippen LogP contribution < -0.4 is 11.1 Å². The summed E-state index contributed by atoms with van der Waals surface area (Å²) in [4.78, 5) is 68.5. The monoisotopic (exact) mass is 515 g/mol. The third-order valence-corrected chi connectivity index (χ3v) is 6.47. The molecule has 1 fully saturated rings. The van der Waals surface area contributed by atoms with E-state index in [1.54, 1.807) is 6.92 Å². The molecule has 3 rings (SSSR count). The average molecular weight is 516 g/mol. The minimum atomic E-state index is -1.21. The first-order valence-electron chi connectivity index (χ1n) is 9.66. The number of methoxy groups -OCH3 is 1. The fourth-order valence-corrected chi connectivity index (χ4v) is 4.99. The van der Waals surface area contributed by atoms with E-state index < -0.39 is 35.4 Å². The number of oxime groups is 1. The zero-order valence-electron chi connectivity index (χ0n) is 18.3. The second-order valence-corrected chi connectivity index (χ2v) is 8.57.